The maximum atomic E-state index is 10.3. The Morgan fingerprint density at radius 2 is 1.78 bits per heavy atom. The largest absolute Gasteiger partial charge is 0.387 e. The van der Waals surface area contributed by atoms with Crippen molar-refractivity contribution in [1.29, 1.82) is 0 Å². The normalized spacial score (nSPS) is 40.0. The smallest absolute Gasteiger partial charge is 0.189 e. The molecule has 0 amide bonds. The summed E-state index contributed by atoms with van der Waals surface area (Å²) in [5, 5.41) is 10.3. The Bertz CT molecular complexity index is 303. The summed E-state index contributed by atoms with van der Waals surface area (Å²) in [7, 11) is 1.52. The van der Waals surface area contributed by atoms with Gasteiger partial charge >= 0.3 is 0 Å². The van der Waals surface area contributed by atoms with E-state index in [1.54, 1.807) is 13.8 Å². The van der Waals surface area contributed by atoms with Crippen molar-refractivity contribution in [2.45, 2.75) is 63.9 Å². The molecule has 1 N–H and O–H groups in total. The Morgan fingerprint density at radius 3 is 2.28 bits per heavy atom. The van der Waals surface area contributed by atoms with Crippen LogP contribution in [0.5, 0.6) is 0 Å². The van der Waals surface area contributed by atoms with Crippen molar-refractivity contribution in [3.63, 3.8) is 0 Å². The molecular weight excluding hydrogens is 240 g/mol. The first kappa shape index (κ1) is 14.2. The highest BCUT2D eigenvalue weighted by molar-refractivity contribution is 4.89. The third-order valence-electron chi connectivity index (χ3n) is 3.07. The van der Waals surface area contributed by atoms with Crippen LogP contribution in [0.25, 0.3) is 0 Å². The van der Waals surface area contributed by atoms with Crippen molar-refractivity contribution in [2.75, 3.05) is 13.7 Å². The number of methoxy groups -OCH3 is 1. The standard InChI is InChI=1S/C12H22O6/c1-11(2)15-6-7(16-11)8(13)9-10(14-5)18-12(3,4)17-9/h7-10,13H,6H2,1-5H3/t7-,8-,9+,10+/m0/s1. The number of ether oxygens (including phenoxy) is 5. The fourth-order valence-electron chi connectivity index (χ4n) is 2.27. The minimum absolute atomic E-state index is 0.324. The molecule has 6 heteroatoms. The fourth-order valence-corrected chi connectivity index (χ4v) is 2.27. The molecule has 2 rings (SSSR count). The van der Waals surface area contributed by atoms with Gasteiger partial charge in [-0.25, -0.2) is 0 Å². The van der Waals surface area contributed by atoms with E-state index in [-0.39, 0.29) is 0 Å². The molecule has 2 saturated heterocycles. The van der Waals surface area contributed by atoms with Crippen LogP contribution in [0.4, 0.5) is 0 Å². The van der Waals surface area contributed by atoms with E-state index in [1.165, 1.54) is 7.11 Å². The first-order chi connectivity index (χ1) is 8.24. The lowest BCUT2D eigenvalue weighted by Crippen LogP contribution is -2.45. The van der Waals surface area contributed by atoms with Crippen LogP contribution in [0, 0.1) is 0 Å². The van der Waals surface area contributed by atoms with Crippen LogP contribution in [0.15, 0.2) is 0 Å². The second-order valence-electron chi connectivity index (χ2n) is 5.56. The first-order valence-electron chi connectivity index (χ1n) is 6.12. The zero-order chi connectivity index (χ0) is 13.6. The highest BCUT2D eigenvalue weighted by Crippen LogP contribution is 2.34. The zero-order valence-corrected chi connectivity index (χ0v) is 11.5. The van der Waals surface area contributed by atoms with E-state index in [9.17, 15) is 5.11 Å². The Morgan fingerprint density at radius 1 is 1.11 bits per heavy atom. The van der Waals surface area contributed by atoms with E-state index in [1.807, 2.05) is 13.8 Å². The average Bonchev–Trinajstić information content (AvgIpc) is 2.77. The maximum Gasteiger partial charge on any atom is 0.189 e. The predicted molar refractivity (Wildman–Crippen MR) is 61.7 cm³/mol. The average molecular weight is 262 g/mol. The van der Waals surface area contributed by atoms with Gasteiger partial charge in [0.1, 0.15) is 18.3 Å². The van der Waals surface area contributed by atoms with Crippen molar-refractivity contribution in [2.24, 2.45) is 0 Å². The van der Waals surface area contributed by atoms with E-state index in [0.717, 1.165) is 0 Å². The second kappa shape index (κ2) is 4.70. The van der Waals surface area contributed by atoms with Gasteiger partial charge in [-0.2, -0.15) is 0 Å². The highest BCUT2D eigenvalue weighted by atomic mass is 16.8. The molecule has 0 aromatic heterocycles. The number of aliphatic hydroxyl groups excluding tert-OH is 1. The lowest BCUT2D eigenvalue weighted by atomic mass is 10.1. The summed E-state index contributed by atoms with van der Waals surface area (Å²) >= 11 is 0. The molecule has 0 saturated carbocycles. The Balaban J connectivity index is 2.02. The molecule has 2 aliphatic heterocycles. The van der Waals surface area contributed by atoms with Crippen molar-refractivity contribution < 1.29 is 28.8 Å². The fraction of sp³-hybridized carbons (Fsp3) is 1.00. The van der Waals surface area contributed by atoms with Gasteiger partial charge in [-0.1, -0.05) is 0 Å². The monoisotopic (exact) mass is 262 g/mol. The summed E-state index contributed by atoms with van der Waals surface area (Å²) in [6.07, 6.45) is -2.51. The van der Waals surface area contributed by atoms with Crippen molar-refractivity contribution in [3.8, 4) is 0 Å². The SMILES string of the molecule is CO[C@@H]1OC(C)(C)O[C@@H]1[C@@H](O)[C@@H]1COC(C)(C)O1. The summed E-state index contributed by atoms with van der Waals surface area (Å²) in [4.78, 5) is 0. The summed E-state index contributed by atoms with van der Waals surface area (Å²) in [6.45, 7) is 7.50. The maximum absolute atomic E-state index is 10.3. The van der Waals surface area contributed by atoms with Crippen LogP contribution >= 0.6 is 0 Å². The number of hydrogen-bond acceptors (Lipinski definition) is 6. The lowest BCUT2D eigenvalue weighted by molar-refractivity contribution is -0.183. The van der Waals surface area contributed by atoms with Crippen LogP contribution < -0.4 is 0 Å². The molecule has 0 aliphatic carbocycles. The van der Waals surface area contributed by atoms with Crippen molar-refractivity contribution >= 4 is 0 Å². The van der Waals surface area contributed by atoms with Gasteiger partial charge in [0.25, 0.3) is 0 Å². The van der Waals surface area contributed by atoms with Gasteiger partial charge in [-0.15, -0.1) is 0 Å². The molecule has 106 valence electrons. The molecule has 2 aliphatic rings. The van der Waals surface area contributed by atoms with Gasteiger partial charge in [-0.05, 0) is 27.7 Å². The van der Waals surface area contributed by atoms with Crippen LogP contribution in [0.2, 0.25) is 0 Å². The van der Waals surface area contributed by atoms with Gasteiger partial charge in [0.05, 0.1) is 6.61 Å². The van der Waals surface area contributed by atoms with E-state index >= 15 is 0 Å². The van der Waals surface area contributed by atoms with Gasteiger partial charge in [0.2, 0.25) is 0 Å². The molecule has 0 radical (unpaired) electrons. The van der Waals surface area contributed by atoms with Crippen LogP contribution in [-0.2, 0) is 23.7 Å². The lowest BCUT2D eigenvalue weighted by Gasteiger charge is -2.26. The minimum atomic E-state index is -0.863. The molecule has 4 atom stereocenters. The number of rotatable bonds is 3. The van der Waals surface area contributed by atoms with Gasteiger partial charge in [0, 0.05) is 7.11 Å². The van der Waals surface area contributed by atoms with Crippen LogP contribution in [-0.4, -0.2) is 55.0 Å². The molecule has 0 aromatic carbocycles. The van der Waals surface area contributed by atoms with E-state index in [4.69, 9.17) is 23.7 Å². The first-order valence-corrected chi connectivity index (χ1v) is 6.12. The molecule has 6 nitrogen and oxygen atoms in total. The molecule has 0 spiro atoms. The van der Waals surface area contributed by atoms with Crippen LogP contribution in [0.3, 0.4) is 0 Å². The highest BCUT2D eigenvalue weighted by Gasteiger charge is 2.50. The third-order valence-corrected chi connectivity index (χ3v) is 3.07. The molecule has 0 aromatic rings. The third kappa shape index (κ3) is 2.84. The zero-order valence-electron chi connectivity index (χ0n) is 11.5. The minimum Gasteiger partial charge on any atom is -0.387 e. The van der Waals surface area contributed by atoms with E-state index < -0.39 is 36.2 Å². The summed E-state index contributed by atoms with van der Waals surface area (Å²) < 4.78 is 27.4. The van der Waals surface area contributed by atoms with Gasteiger partial charge < -0.3 is 28.8 Å². The number of aliphatic hydroxyl groups is 1. The van der Waals surface area contributed by atoms with Crippen molar-refractivity contribution in [1.82, 2.24) is 0 Å². The van der Waals surface area contributed by atoms with Gasteiger partial charge in [0.15, 0.2) is 17.9 Å². The number of hydrogen-bond donors (Lipinski definition) is 1. The molecule has 0 bridgehead atoms. The molecule has 2 fully saturated rings. The van der Waals surface area contributed by atoms with Crippen molar-refractivity contribution in [3.05, 3.63) is 0 Å². The Hall–Kier alpha value is -0.240. The molecule has 2 heterocycles. The summed E-state index contributed by atoms with van der Waals surface area (Å²) in [5.41, 5.74) is 0. The van der Waals surface area contributed by atoms with E-state index in [2.05, 4.69) is 0 Å². The van der Waals surface area contributed by atoms with E-state index in [0.29, 0.717) is 6.61 Å². The predicted octanol–water partition coefficient (Wildman–Crippen LogP) is 0.623. The Labute approximate surface area is 107 Å². The molecular formula is C12H22O6. The Kier molecular flexibility index (Phi) is 3.70. The molecule has 18 heavy (non-hydrogen) atoms. The van der Waals surface area contributed by atoms with Crippen LogP contribution in [0.1, 0.15) is 27.7 Å². The topological polar surface area (TPSA) is 66.4 Å². The quantitative estimate of drug-likeness (QED) is 0.804. The molecule has 0 unspecified atom stereocenters. The summed E-state index contributed by atoms with van der Waals surface area (Å²) in [6, 6.07) is 0. The van der Waals surface area contributed by atoms with Gasteiger partial charge in [-0.3, -0.25) is 0 Å². The second-order valence-corrected chi connectivity index (χ2v) is 5.56. The summed E-state index contributed by atoms with van der Waals surface area (Å²) in [5.74, 6) is -1.45.